The van der Waals surface area contributed by atoms with Gasteiger partial charge >= 0.3 is 0 Å². The van der Waals surface area contributed by atoms with Gasteiger partial charge in [-0.25, -0.2) is 17.7 Å². The summed E-state index contributed by atoms with van der Waals surface area (Å²) >= 11 is 1.58. The molecule has 0 radical (unpaired) electrons. The first kappa shape index (κ1) is 15.0. The molecule has 0 aliphatic rings. The van der Waals surface area contributed by atoms with Gasteiger partial charge in [-0.2, -0.15) is 0 Å². The first-order valence-electron chi connectivity index (χ1n) is 6.13. The smallest absolute Gasteiger partial charge is 0.242 e. The lowest BCUT2D eigenvalue weighted by Crippen LogP contribution is -2.22. The zero-order valence-corrected chi connectivity index (χ0v) is 13.0. The molecule has 0 atom stereocenters. The molecule has 5 nitrogen and oxygen atoms in total. The van der Waals surface area contributed by atoms with Crippen LogP contribution in [-0.2, 0) is 16.4 Å². The number of rotatable bonds is 6. The van der Waals surface area contributed by atoms with E-state index in [4.69, 9.17) is 0 Å². The van der Waals surface area contributed by atoms with Crippen molar-refractivity contribution < 1.29 is 8.42 Å². The molecule has 0 fully saturated rings. The highest BCUT2D eigenvalue weighted by Crippen LogP contribution is 2.16. The van der Waals surface area contributed by atoms with Crippen LogP contribution in [0.25, 0.3) is 0 Å². The highest BCUT2D eigenvalue weighted by molar-refractivity contribution is 7.89. The molecule has 1 aromatic carbocycles. The number of anilines is 1. The molecular weight excluding hydrogens is 294 g/mol. The van der Waals surface area contributed by atoms with E-state index in [1.807, 2.05) is 10.9 Å². The Kier molecular flexibility index (Phi) is 4.74. The minimum Gasteiger partial charge on any atom is -0.385 e. The van der Waals surface area contributed by atoms with Crippen molar-refractivity contribution in [3.05, 3.63) is 40.8 Å². The van der Waals surface area contributed by atoms with Gasteiger partial charge in [-0.3, -0.25) is 0 Å². The van der Waals surface area contributed by atoms with Gasteiger partial charge < -0.3 is 5.32 Å². The highest BCUT2D eigenvalue weighted by Gasteiger charge is 2.16. The van der Waals surface area contributed by atoms with Crippen LogP contribution in [0.1, 0.15) is 5.69 Å². The Labute approximate surface area is 123 Å². The maximum absolute atomic E-state index is 11.9. The third-order valence-electron chi connectivity index (χ3n) is 2.83. The van der Waals surface area contributed by atoms with Gasteiger partial charge in [0.2, 0.25) is 10.0 Å². The third-order valence-corrected chi connectivity index (χ3v) is 5.29. The average molecular weight is 311 g/mol. The Morgan fingerprint density at radius 1 is 1.25 bits per heavy atom. The molecule has 2 rings (SSSR count). The Morgan fingerprint density at radius 2 is 1.95 bits per heavy atom. The number of nitrogens with zero attached hydrogens (tertiary/aromatic N) is 2. The van der Waals surface area contributed by atoms with E-state index < -0.39 is 10.0 Å². The van der Waals surface area contributed by atoms with Crippen molar-refractivity contribution in [2.75, 3.05) is 26.0 Å². The van der Waals surface area contributed by atoms with Crippen LogP contribution < -0.4 is 5.32 Å². The van der Waals surface area contributed by atoms with Gasteiger partial charge in [0.05, 0.1) is 16.1 Å². The summed E-state index contributed by atoms with van der Waals surface area (Å²) in [5, 5.41) is 5.27. The molecule has 0 aliphatic heterocycles. The number of hydrogen-bond donors (Lipinski definition) is 1. The van der Waals surface area contributed by atoms with E-state index in [0.717, 1.165) is 24.3 Å². The Morgan fingerprint density at radius 3 is 2.50 bits per heavy atom. The van der Waals surface area contributed by atoms with Gasteiger partial charge in [0, 0.05) is 38.1 Å². The second-order valence-corrected chi connectivity index (χ2v) is 7.34. The lowest BCUT2D eigenvalue weighted by Gasteiger charge is -2.12. The molecule has 1 aromatic heterocycles. The summed E-state index contributed by atoms with van der Waals surface area (Å²) in [7, 11) is -0.306. The monoisotopic (exact) mass is 311 g/mol. The van der Waals surface area contributed by atoms with Crippen molar-refractivity contribution in [2.24, 2.45) is 0 Å². The minimum atomic E-state index is -3.35. The summed E-state index contributed by atoms with van der Waals surface area (Å²) in [6, 6.07) is 6.77. The second-order valence-electron chi connectivity index (χ2n) is 4.47. The molecule has 0 unspecified atom stereocenters. The summed E-state index contributed by atoms with van der Waals surface area (Å²) in [5.74, 6) is 0. The first-order valence-corrected chi connectivity index (χ1v) is 8.52. The van der Waals surface area contributed by atoms with Crippen molar-refractivity contribution in [1.82, 2.24) is 9.29 Å². The van der Waals surface area contributed by atoms with Crippen molar-refractivity contribution in [1.29, 1.82) is 0 Å². The fraction of sp³-hybridized carbons (Fsp3) is 0.308. The van der Waals surface area contributed by atoms with Crippen LogP contribution in [0.15, 0.2) is 40.1 Å². The summed E-state index contributed by atoms with van der Waals surface area (Å²) in [6.45, 7) is 0.767. The van der Waals surface area contributed by atoms with E-state index >= 15 is 0 Å². The summed E-state index contributed by atoms with van der Waals surface area (Å²) in [4.78, 5) is 4.51. The van der Waals surface area contributed by atoms with E-state index in [-0.39, 0.29) is 0 Å². The standard InChI is InChI=1S/C13H17N3O2S2/c1-16(2)20(17,18)13-5-3-11(4-6-13)14-8-7-12-9-19-10-15-12/h3-6,9-10,14H,7-8H2,1-2H3. The maximum atomic E-state index is 11.9. The third kappa shape index (κ3) is 3.56. The molecule has 0 aliphatic carbocycles. The van der Waals surface area contributed by atoms with Crippen LogP contribution in [-0.4, -0.2) is 38.3 Å². The molecule has 2 aromatic rings. The average Bonchev–Trinajstić information content (AvgIpc) is 2.92. The number of sulfonamides is 1. The van der Waals surface area contributed by atoms with E-state index in [2.05, 4.69) is 10.3 Å². The molecule has 0 saturated carbocycles. The summed E-state index contributed by atoms with van der Waals surface area (Å²) in [6.07, 6.45) is 0.848. The molecular formula is C13H17N3O2S2. The van der Waals surface area contributed by atoms with Crippen molar-refractivity contribution >= 4 is 27.0 Å². The number of benzene rings is 1. The van der Waals surface area contributed by atoms with E-state index in [1.165, 1.54) is 18.4 Å². The first-order chi connectivity index (χ1) is 9.50. The molecule has 1 heterocycles. The van der Waals surface area contributed by atoms with Gasteiger partial charge in [-0.15, -0.1) is 11.3 Å². The van der Waals surface area contributed by atoms with E-state index in [9.17, 15) is 8.42 Å². The van der Waals surface area contributed by atoms with Crippen molar-refractivity contribution in [2.45, 2.75) is 11.3 Å². The Bertz CT molecular complexity index is 635. The fourth-order valence-corrected chi connectivity index (χ4v) is 3.15. The van der Waals surface area contributed by atoms with Crippen LogP contribution in [0, 0.1) is 0 Å². The van der Waals surface area contributed by atoms with Gasteiger partial charge in [0.1, 0.15) is 0 Å². The number of hydrogen-bond acceptors (Lipinski definition) is 5. The molecule has 0 spiro atoms. The van der Waals surface area contributed by atoms with Crippen LogP contribution in [0.4, 0.5) is 5.69 Å². The van der Waals surface area contributed by atoms with Gasteiger partial charge in [0.25, 0.3) is 0 Å². The lowest BCUT2D eigenvalue weighted by molar-refractivity contribution is 0.521. The Balaban J connectivity index is 1.95. The molecule has 1 N–H and O–H groups in total. The molecule has 7 heteroatoms. The van der Waals surface area contributed by atoms with Gasteiger partial charge in [0.15, 0.2) is 0 Å². The SMILES string of the molecule is CN(C)S(=O)(=O)c1ccc(NCCc2cscn2)cc1. The van der Waals surface area contributed by atoms with E-state index in [1.54, 1.807) is 35.6 Å². The summed E-state index contributed by atoms with van der Waals surface area (Å²) < 4.78 is 25.0. The molecule has 0 bridgehead atoms. The number of aromatic nitrogens is 1. The fourth-order valence-electron chi connectivity index (χ4n) is 1.65. The predicted octanol–water partition coefficient (Wildman–Crippen LogP) is 2.05. The minimum absolute atomic E-state index is 0.299. The zero-order chi connectivity index (χ0) is 14.6. The normalized spacial score (nSPS) is 11.8. The van der Waals surface area contributed by atoms with Crippen LogP contribution in [0.5, 0.6) is 0 Å². The zero-order valence-electron chi connectivity index (χ0n) is 11.4. The number of nitrogens with one attached hydrogen (secondary N) is 1. The molecule has 108 valence electrons. The molecule has 0 amide bonds. The molecule has 0 saturated heterocycles. The van der Waals surface area contributed by atoms with Crippen LogP contribution in [0.2, 0.25) is 0 Å². The van der Waals surface area contributed by atoms with Crippen LogP contribution in [0.3, 0.4) is 0 Å². The maximum Gasteiger partial charge on any atom is 0.242 e. The largest absolute Gasteiger partial charge is 0.385 e. The van der Waals surface area contributed by atoms with E-state index in [0.29, 0.717) is 4.90 Å². The van der Waals surface area contributed by atoms with Crippen LogP contribution >= 0.6 is 11.3 Å². The Hall–Kier alpha value is -1.44. The summed E-state index contributed by atoms with van der Waals surface area (Å²) in [5.41, 5.74) is 3.78. The topological polar surface area (TPSA) is 62.3 Å². The quantitative estimate of drug-likeness (QED) is 0.887. The molecule has 20 heavy (non-hydrogen) atoms. The number of thiazole rings is 1. The van der Waals surface area contributed by atoms with Crippen molar-refractivity contribution in [3.63, 3.8) is 0 Å². The highest BCUT2D eigenvalue weighted by atomic mass is 32.2. The van der Waals surface area contributed by atoms with Gasteiger partial charge in [-0.05, 0) is 24.3 Å². The predicted molar refractivity (Wildman–Crippen MR) is 81.6 cm³/mol. The van der Waals surface area contributed by atoms with Crippen molar-refractivity contribution in [3.8, 4) is 0 Å². The lowest BCUT2D eigenvalue weighted by atomic mass is 10.3. The van der Waals surface area contributed by atoms with Gasteiger partial charge in [-0.1, -0.05) is 0 Å². The second kappa shape index (κ2) is 6.34.